The molecule has 0 radical (unpaired) electrons. The van der Waals surface area contributed by atoms with Crippen LogP contribution in [0.3, 0.4) is 0 Å². The lowest BCUT2D eigenvalue weighted by Gasteiger charge is -2.06. The largest absolute Gasteiger partial charge is 0.319 e. The second-order valence-electron chi connectivity index (χ2n) is 4.16. The quantitative estimate of drug-likeness (QED) is 0.697. The smallest absolute Gasteiger partial charge is 0.256 e. The van der Waals surface area contributed by atoms with Crippen molar-refractivity contribution in [2.75, 3.05) is 5.32 Å². The molecule has 2 aromatic heterocycles. The molecule has 0 aliphatic heterocycles. The van der Waals surface area contributed by atoms with E-state index in [0.29, 0.717) is 17.2 Å². The molecule has 0 spiro atoms. The van der Waals surface area contributed by atoms with Crippen molar-refractivity contribution < 1.29 is 4.79 Å². The summed E-state index contributed by atoms with van der Waals surface area (Å²) in [6.45, 7) is 0. The predicted molar refractivity (Wildman–Crippen MR) is 86.3 cm³/mol. The van der Waals surface area contributed by atoms with Gasteiger partial charge < -0.3 is 5.32 Å². The molecule has 0 atom stereocenters. The third kappa shape index (κ3) is 3.07. The fourth-order valence-corrected chi connectivity index (χ4v) is 2.37. The van der Waals surface area contributed by atoms with Crippen LogP contribution >= 0.6 is 22.6 Å². The first-order valence-corrected chi connectivity index (χ1v) is 7.20. The monoisotopic (exact) mass is 391 g/mol. The fraction of sp³-hybridized carbons (Fsp3) is 0. The molecule has 21 heavy (non-hydrogen) atoms. The van der Waals surface area contributed by atoms with Gasteiger partial charge in [0, 0.05) is 16.0 Å². The molecule has 3 rings (SSSR count). The molecule has 0 saturated carbocycles. The van der Waals surface area contributed by atoms with E-state index in [0.717, 1.165) is 3.57 Å². The van der Waals surface area contributed by atoms with Gasteiger partial charge in [-0.05, 0) is 40.8 Å². The summed E-state index contributed by atoms with van der Waals surface area (Å²) >= 11 is 2.13. The van der Waals surface area contributed by atoms with E-state index in [4.69, 9.17) is 0 Å². The van der Waals surface area contributed by atoms with Crippen molar-refractivity contribution in [2.45, 2.75) is 0 Å². The predicted octanol–water partition coefficient (Wildman–Crippen LogP) is 2.52. The Bertz CT molecular complexity index is 755. The summed E-state index contributed by atoms with van der Waals surface area (Å²) in [4.78, 5) is 20.5. The van der Waals surface area contributed by atoms with Crippen molar-refractivity contribution >= 4 is 34.2 Å². The van der Waals surface area contributed by atoms with Gasteiger partial charge in [-0.2, -0.15) is 5.10 Å². The lowest BCUT2D eigenvalue weighted by molar-refractivity contribution is 0.102. The number of rotatable bonds is 3. The molecular formula is C14H10IN5O. The van der Waals surface area contributed by atoms with Crippen molar-refractivity contribution in [2.24, 2.45) is 0 Å². The van der Waals surface area contributed by atoms with E-state index in [1.165, 1.54) is 0 Å². The third-order valence-electron chi connectivity index (χ3n) is 2.72. The molecule has 2 heterocycles. The van der Waals surface area contributed by atoms with Crippen LogP contribution in [0.1, 0.15) is 10.4 Å². The van der Waals surface area contributed by atoms with Gasteiger partial charge in [-0.25, -0.2) is 14.6 Å². The summed E-state index contributed by atoms with van der Waals surface area (Å²) < 4.78 is 2.44. The van der Waals surface area contributed by atoms with Crippen LogP contribution in [0, 0.1) is 3.57 Å². The molecule has 1 aromatic carbocycles. The van der Waals surface area contributed by atoms with Crippen LogP contribution in [-0.2, 0) is 0 Å². The van der Waals surface area contributed by atoms with E-state index in [2.05, 4.69) is 43.0 Å². The maximum Gasteiger partial charge on any atom is 0.256 e. The first-order valence-electron chi connectivity index (χ1n) is 6.12. The molecule has 104 valence electrons. The number of nitrogens with zero attached hydrogens (tertiary/aromatic N) is 4. The highest BCUT2D eigenvalue weighted by Crippen LogP contribution is 2.14. The minimum absolute atomic E-state index is 0.185. The van der Waals surface area contributed by atoms with Crippen LogP contribution in [0.5, 0.6) is 0 Å². The highest BCUT2D eigenvalue weighted by Gasteiger charge is 2.10. The van der Waals surface area contributed by atoms with E-state index in [1.54, 1.807) is 41.6 Å². The molecule has 0 aliphatic carbocycles. The van der Waals surface area contributed by atoms with E-state index in [9.17, 15) is 4.79 Å². The van der Waals surface area contributed by atoms with Gasteiger partial charge in [-0.3, -0.25) is 4.79 Å². The summed E-state index contributed by atoms with van der Waals surface area (Å²) in [5.41, 5.74) is 1.16. The standard InChI is InChI=1S/C14H10IN5O/c15-12-5-2-1-4-11(12)13(21)19-10-8-16-14(17-9-10)20-7-3-6-18-20/h1-9H,(H,19,21). The Balaban J connectivity index is 1.77. The van der Waals surface area contributed by atoms with Crippen LogP contribution < -0.4 is 5.32 Å². The van der Waals surface area contributed by atoms with Crippen LogP contribution in [-0.4, -0.2) is 25.7 Å². The number of hydrogen-bond donors (Lipinski definition) is 1. The zero-order valence-electron chi connectivity index (χ0n) is 10.8. The Morgan fingerprint density at radius 2 is 1.90 bits per heavy atom. The number of aromatic nitrogens is 4. The summed E-state index contributed by atoms with van der Waals surface area (Å²) in [7, 11) is 0. The number of halogens is 1. The van der Waals surface area contributed by atoms with Crippen LogP contribution in [0.25, 0.3) is 5.95 Å². The van der Waals surface area contributed by atoms with Crippen molar-refractivity contribution in [3.8, 4) is 5.95 Å². The van der Waals surface area contributed by atoms with Crippen LogP contribution in [0.2, 0.25) is 0 Å². The fourth-order valence-electron chi connectivity index (χ4n) is 1.73. The average molecular weight is 391 g/mol. The normalized spacial score (nSPS) is 10.3. The zero-order chi connectivity index (χ0) is 14.7. The van der Waals surface area contributed by atoms with Crippen molar-refractivity contribution in [1.29, 1.82) is 0 Å². The van der Waals surface area contributed by atoms with E-state index in [1.807, 2.05) is 18.2 Å². The molecule has 7 heteroatoms. The van der Waals surface area contributed by atoms with Gasteiger partial charge >= 0.3 is 0 Å². The van der Waals surface area contributed by atoms with Gasteiger partial charge in [-0.1, -0.05) is 12.1 Å². The van der Waals surface area contributed by atoms with Gasteiger partial charge in [0.15, 0.2) is 0 Å². The molecule has 0 fully saturated rings. The number of benzene rings is 1. The highest BCUT2D eigenvalue weighted by atomic mass is 127. The van der Waals surface area contributed by atoms with E-state index in [-0.39, 0.29) is 5.91 Å². The Labute approximate surface area is 134 Å². The number of amides is 1. The molecule has 0 bridgehead atoms. The Morgan fingerprint density at radius 1 is 1.14 bits per heavy atom. The Morgan fingerprint density at radius 3 is 2.57 bits per heavy atom. The summed E-state index contributed by atoms with van der Waals surface area (Å²) in [5.74, 6) is 0.266. The second kappa shape index (κ2) is 6.00. The average Bonchev–Trinajstić information content (AvgIpc) is 3.02. The number of carbonyl (C=O) groups is 1. The third-order valence-corrected chi connectivity index (χ3v) is 3.66. The minimum Gasteiger partial charge on any atom is -0.319 e. The molecule has 0 unspecified atom stereocenters. The highest BCUT2D eigenvalue weighted by molar-refractivity contribution is 14.1. The molecule has 6 nitrogen and oxygen atoms in total. The lowest BCUT2D eigenvalue weighted by Crippen LogP contribution is -2.14. The molecular weight excluding hydrogens is 381 g/mol. The molecule has 0 aliphatic rings. The first-order chi connectivity index (χ1) is 10.2. The summed E-state index contributed by atoms with van der Waals surface area (Å²) in [6, 6.07) is 9.16. The second-order valence-corrected chi connectivity index (χ2v) is 5.32. The SMILES string of the molecule is O=C(Nc1cnc(-n2cccn2)nc1)c1ccccc1I. The molecule has 0 saturated heterocycles. The molecule has 1 amide bonds. The van der Waals surface area contributed by atoms with E-state index >= 15 is 0 Å². The number of hydrogen-bond acceptors (Lipinski definition) is 4. The van der Waals surface area contributed by atoms with Gasteiger partial charge in [0.05, 0.1) is 23.6 Å². The van der Waals surface area contributed by atoms with Crippen molar-refractivity contribution in [3.05, 3.63) is 64.3 Å². The maximum atomic E-state index is 12.2. The zero-order valence-corrected chi connectivity index (χ0v) is 12.9. The summed E-state index contributed by atoms with van der Waals surface area (Å²) in [6.07, 6.45) is 6.51. The number of anilines is 1. The van der Waals surface area contributed by atoms with Crippen molar-refractivity contribution in [1.82, 2.24) is 19.7 Å². The number of carbonyl (C=O) groups excluding carboxylic acids is 1. The summed E-state index contributed by atoms with van der Waals surface area (Å²) in [5, 5.41) is 6.81. The topological polar surface area (TPSA) is 72.7 Å². The van der Waals surface area contributed by atoms with E-state index < -0.39 is 0 Å². The molecule has 3 aromatic rings. The maximum absolute atomic E-state index is 12.2. The molecule has 1 N–H and O–H groups in total. The first kappa shape index (κ1) is 13.7. The minimum atomic E-state index is -0.185. The van der Waals surface area contributed by atoms with Gasteiger partial charge in [-0.15, -0.1) is 0 Å². The Kier molecular flexibility index (Phi) is 3.91. The Hall–Kier alpha value is -2.29. The van der Waals surface area contributed by atoms with Crippen LogP contribution in [0.15, 0.2) is 55.1 Å². The van der Waals surface area contributed by atoms with Crippen LogP contribution in [0.4, 0.5) is 5.69 Å². The lowest BCUT2D eigenvalue weighted by atomic mass is 10.2. The van der Waals surface area contributed by atoms with Crippen molar-refractivity contribution in [3.63, 3.8) is 0 Å². The van der Waals surface area contributed by atoms with Gasteiger partial charge in [0.1, 0.15) is 0 Å². The van der Waals surface area contributed by atoms with Gasteiger partial charge in [0.2, 0.25) is 0 Å². The van der Waals surface area contributed by atoms with Gasteiger partial charge in [0.25, 0.3) is 11.9 Å². The number of nitrogens with one attached hydrogen (secondary N) is 1.